The van der Waals surface area contributed by atoms with E-state index in [1.54, 1.807) is 6.20 Å². The normalized spacial score (nSPS) is 19.5. The van der Waals surface area contributed by atoms with Crippen molar-refractivity contribution < 1.29 is 9.32 Å². The average Bonchev–Trinajstić information content (AvgIpc) is 3.39. The molecule has 0 aliphatic heterocycles. The summed E-state index contributed by atoms with van der Waals surface area (Å²) in [6, 6.07) is 8.17. The highest BCUT2D eigenvalue weighted by Crippen LogP contribution is 2.39. The molecule has 0 bridgehead atoms. The van der Waals surface area contributed by atoms with Crippen molar-refractivity contribution in [2.75, 3.05) is 0 Å². The van der Waals surface area contributed by atoms with Gasteiger partial charge in [-0.15, -0.1) is 0 Å². The minimum atomic E-state index is -0.265. The second-order valence-electron chi connectivity index (χ2n) is 9.28. The van der Waals surface area contributed by atoms with E-state index in [0.717, 1.165) is 53.9 Å². The Labute approximate surface area is 183 Å². The van der Waals surface area contributed by atoms with Crippen LogP contribution < -0.4 is 5.32 Å². The third-order valence-corrected chi connectivity index (χ3v) is 7.18. The predicted molar refractivity (Wildman–Crippen MR) is 121 cm³/mol. The van der Waals surface area contributed by atoms with Crippen molar-refractivity contribution >= 4 is 16.9 Å². The lowest BCUT2D eigenvalue weighted by molar-refractivity contribution is -0.127. The zero-order valence-electron chi connectivity index (χ0n) is 18.3. The van der Waals surface area contributed by atoms with Gasteiger partial charge >= 0.3 is 0 Å². The standard InChI is InChI=1S/C25H32N4O2/c1-17-20(16-26-31-17)24-28-21-14-8-9-15-22(21)29(24)23(18-10-4-2-5-11-18)25(30)27-19-12-6-3-7-13-19/h8-9,14-16,18-19,23H,2-7,10-13H2,1H3,(H,27,30). The third-order valence-electron chi connectivity index (χ3n) is 7.18. The van der Waals surface area contributed by atoms with Crippen molar-refractivity contribution in [2.45, 2.75) is 83.2 Å². The summed E-state index contributed by atoms with van der Waals surface area (Å²) < 4.78 is 7.56. The van der Waals surface area contributed by atoms with E-state index in [1.165, 1.54) is 38.5 Å². The molecule has 2 aliphatic rings. The van der Waals surface area contributed by atoms with Gasteiger partial charge in [0.1, 0.15) is 17.6 Å². The molecule has 2 heterocycles. The summed E-state index contributed by atoms with van der Waals surface area (Å²) in [7, 11) is 0. The molecule has 0 radical (unpaired) electrons. The molecule has 1 aromatic carbocycles. The molecule has 31 heavy (non-hydrogen) atoms. The maximum absolute atomic E-state index is 13.9. The molecule has 3 aromatic rings. The molecule has 6 nitrogen and oxygen atoms in total. The first kappa shape index (κ1) is 20.3. The van der Waals surface area contributed by atoms with Gasteiger partial charge in [-0.2, -0.15) is 0 Å². The van der Waals surface area contributed by atoms with Gasteiger partial charge in [0.25, 0.3) is 0 Å². The second-order valence-corrected chi connectivity index (χ2v) is 9.28. The number of amides is 1. The van der Waals surface area contributed by atoms with Crippen LogP contribution in [0.3, 0.4) is 0 Å². The Bertz CT molecular complexity index is 1040. The first-order valence-corrected chi connectivity index (χ1v) is 11.9. The fourth-order valence-electron chi connectivity index (χ4n) is 5.55. The molecule has 2 saturated carbocycles. The van der Waals surface area contributed by atoms with Crippen molar-refractivity contribution in [2.24, 2.45) is 5.92 Å². The van der Waals surface area contributed by atoms with Crippen LogP contribution in [0, 0.1) is 12.8 Å². The van der Waals surface area contributed by atoms with Gasteiger partial charge in [-0.3, -0.25) is 4.79 Å². The summed E-state index contributed by atoms with van der Waals surface area (Å²) in [6.07, 6.45) is 13.4. The number of aromatic nitrogens is 3. The van der Waals surface area contributed by atoms with Crippen LogP contribution >= 0.6 is 0 Å². The lowest BCUT2D eigenvalue weighted by Gasteiger charge is -2.33. The van der Waals surface area contributed by atoms with Crippen LogP contribution in [-0.4, -0.2) is 26.7 Å². The van der Waals surface area contributed by atoms with Gasteiger partial charge in [0, 0.05) is 6.04 Å². The van der Waals surface area contributed by atoms with Crippen LogP contribution in [0.1, 0.15) is 76.0 Å². The van der Waals surface area contributed by atoms with E-state index in [9.17, 15) is 4.79 Å². The molecular formula is C25H32N4O2. The van der Waals surface area contributed by atoms with Gasteiger partial charge in [-0.05, 0) is 50.7 Å². The van der Waals surface area contributed by atoms with Gasteiger partial charge in [-0.25, -0.2) is 4.98 Å². The lowest BCUT2D eigenvalue weighted by atomic mass is 9.82. The number of aryl methyl sites for hydroxylation is 1. The summed E-state index contributed by atoms with van der Waals surface area (Å²) in [5.41, 5.74) is 2.78. The third kappa shape index (κ3) is 4.00. The van der Waals surface area contributed by atoms with E-state index in [2.05, 4.69) is 21.1 Å². The Morgan fingerprint density at radius 1 is 1.06 bits per heavy atom. The second kappa shape index (κ2) is 8.85. The topological polar surface area (TPSA) is 73.0 Å². The Hall–Kier alpha value is -2.63. The van der Waals surface area contributed by atoms with Crippen LogP contribution in [0.5, 0.6) is 0 Å². The number of benzene rings is 1. The van der Waals surface area contributed by atoms with Gasteiger partial charge < -0.3 is 14.4 Å². The molecule has 0 spiro atoms. The molecule has 1 N–H and O–H groups in total. The molecule has 2 aromatic heterocycles. The fraction of sp³-hybridized carbons (Fsp3) is 0.560. The number of hydrogen-bond acceptors (Lipinski definition) is 4. The van der Waals surface area contributed by atoms with E-state index in [4.69, 9.17) is 9.51 Å². The van der Waals surface area contributed by atoms with E-state index < -0.39 is 0 Å². The summed E-state index contributed by atoms with van der Waals surface area (Å²) in [6.45, 7) is 1.91. The Kier molecular flexibility index (Phi) is 5.79. The number of nitrogens with one attached hydrogen (secondary N) is 1. The molecular weight excluding hydrogens is 388 g/mol. The number of fused-ring (bicyclic) bond motifs is 1. The number of para-hydroxylation sites is 2. The van der Waals surface area contributed by atoms with Crippen LogP contribution in [0.2, 0.25) is 0 Å². The summed E-state index contributed by atoms with van der Waals surface area (Å²) in [5, 5.41) is 7.42. The molecule has 2 aliphatic carbocycles. The molecule has 1 amide bonds. The first-order valence-electron chi connectivity index (χ1n) is 11.9. The zero-order valence-corrected chi connectivity index (χ0v) is 18.3. The van der Waals surface area contributed by atoms with E-state index in [0.29, 0.717) is 12.0 Å². The molecule has 0 saturated heterocycles. The highest BCUT2D eigenvalue weighted by molar-refractivity contribution is 5.87. The largest absolute Gasteiger partial charge is 0.361 e. The maximum Gasteiger partial charge on any atom is 0.243 e. The zero-order chi connectivity index (χ0) is 21.2. The highest BCUT2D eigenvalue weighted by atomic mass is 16.5. The minimum absolute atomic E-state index is 0.150. The smallest absolute Gasteiger partial charge is 0.243 e. The van der Waals surface area contributed by atoms with E-state index in [-0.39, 0.29) is 11.9 Å². The van der Waals surface area contributed by atoms with Gasteiger partial charge in [0.05, 0.1) is 22.8 Å². The molecule has 164 valence electrons. The predicted octanol–water partition coefficient (Wildman–Crippen LogP) is 5.57. The molecule has 1 unspecified atom stereocenters. The Morgan fingerprint density at radius 3 is 2.48 bits per heavy atom. The number of rotatable bonds is 5. The molecule has 5 rings (SSSR count). The number of carbonyl (C=O) groups is 1. The molecule has 1 atom stereocenters. The lowest BCUT2D eigenvalue weighted by Crippen LogP contribution is -2.43. The Balaban J connectivity index is 1.61. The summed E-state index contributed by atoms with van der Waals surface area (Å²) in [5.74, 6) is 1.98. The van der Waals surface area contributed by atoms with Gasteiger partial charge in [0.15, 0.2) is 0 Å². The summed E-state index contributed by atoms with van der Waals surface area (Å²) in [4.78, 5) is 18.8. The number of nitrogens with zero attached hydrogens (tertiary/aromatic N) is 3. The quantitative estimate of drug-likeness (QED) is 0.586. The first-order chi connectivity index (χ1) is 15.2. The van der Waals surface area contributed by atoms with E-state index >= 15 is 0 Å². The van der Waals surface area contributed by atoms with Crippen LogP contribution in [0.25, 0.3) is 22.4 Å². The van der Waals surface area contributed by atoms with Crippen LogP contribution in [0.15, 0.2) is 35.0 Å². The minimum Gasteiger partial charge on any atom is -0.361 e. The average molecular weight is 421 g/mol. The number of imidazole rings is 1. The Morgan fingerprint density at radius 2 is 1.77 bits per heavy atom. The molecule has 2 fully saturated rings. The van der Waals surface area contributed by atoms with Crippen LogP contribution in [-0.2, 0) is 4.79 Å². The number of carbonyl (C=O) groups excluding carboxylic acids is 1. The van der Waals surface area contributed by atoms with Crippen molar-refractivity contribution in [3.8, 4) is 11.4 Å². The van der Waals surface area contributed by atoms with Crippen molar-refractivity contribution in [1.29, 1.82) is 0 Å². The van der Waals surface area contributed by atoms with Crippen LogP contribution in [0.4, 0.5) is 0 Å². The SMILES string of the molecule is Cc1oncc1-c1nc2ccccc2n1C(C(=O)NC1CCCCC1)C1CCCCC1. The monoisotopic (exact) mass is 420 g/mol. The van der Waals surface area contributed by atoms with Gasteiger partial charge in [0.2, 0.25) is 5.91 Å². The summed E-state index contributed by atoms with van der Waals surface area (Å²) >= 11 is 0. The molecule has 6 heteroatoms. The van der Waals surface area contributed by atoms with Crippen molar-refractivity contribution in [1.82, 2.24) is 20.0 Å². The highest BCUT2D eigenvalue weighted by Gasteiger charge is 2.35. The fourth-order valence-corrected chi connectivity index (χ4v) is 5.55. The van der Waals surface area contributed by atoms with E-state index in [1.807, 2.05) is 25.1 Å². The van der Waals surface area contributed by atoms with Gasteiger partial charge in [-0.1, -0.05) is 55.8 Å². The van der Waals surface area contributed by atoms with Crippen molar-refractivity contribution in [3.05, 3.63) is 36.2 Å². The maximum atomic E-state index is 13.9. The van der Waals surface area contributed by atoms with Crippen molar-refractivity contribution in [3.63, 3.8) is 0 Å². The number of hydrogen-bond donors (Lipinski definition) is 1.